The first-order chi connectivity index (χ1) is 18.3. The molecule has 9 heteroatoms. The van der Waals surface area contributed by atoms with Gasteiger partial charge in [-0.05, 0) is 57.6 Å². The van der Waals surface area contributed by atoms with Crippen molar-refractivity contribution in [1.82, 2.24) is 0 Å². The molecule has 226 valence electrons. The van der Waals surface area contributed by atoms with Gasteiger partial charge in [-0.15, -0.1) is 11.8 Å². The Bertz CT molecular complexity index is 576. The van der Waals surface area contributed by atoms with E-state index in [2.05, 4.69) is 27.7 Å². The number of hydrogen-bond donors (Lipinski definition) is 0. The third kappa shape index (κ3) is 17.2. The van der Waals surface area contributed by atoms with Crippen molar-refractivity contribution in [3.8, 4) is 0 Å². The Kier molecular flexibility index (Phi) is 23.8. The molecule has 0 saturated carbocycles. The van der Waals surface area contributed by atoms with Gasteiger partial charge in [0.15, 0.2) is 0 Å². The summed E-state index contributed by atoms with van der Waals surface area (Å²) in [6.45, 7) is 16.9. The molecule has 0 bridgehead atoms. The van der Waals surface area contributed by atoms with Gasteiger partial charge in [0.1, 0.15) is 5.25 Å². The van der Waals surface area contributed by atoms with Crippen molar-refractivity contribution in [2.45, 2.75) is 124 Å². The minimum atomic E-state index is -2.74. The Balaban J connectivity index is 5.14. The van der Waals surface area contributed by atoms with E-state index >= 15 is 0 Å². The number of esters is 2. The van der Waals surface area contributed by atoms with Crippen LogP contribution in [0.25, 0.3) is 0 Å². The Hall–Kier alpha value is -0.613. The van der Waals surface area contributed by atoms with E-state index in [9.17, 15) is 9.59 Å². The van der Waals surface area contributed by atoms with Gasteiger partial charge in [-0.25, -0.2) is 0 Å². The van der Waals surface area contributed by atoms with Gasteiger partial charge in [-0.2, -0.15) is 0 Å². The van der Waals surface area contributed by atoms with Gasteiger partial charge < -0.3 is 22.8 Å². The van der Waals surface area contributed by atoms with Crippen molar-refractivity contribution in [2.75, 3.05) is 38.8 Å². The first kappa shape index (κ1) is 37.4. The van der Waals surface area contributed by atoms with Gasteiger partial charge in [-0.3, -0.25) is 9.59 Å². The number of rotatable bonds is 26. The van der Waals surface area contributed by atoms with Crippen LogP contribution in [0.15, 0.2) is 0 Å². The summed E-state index contributed by atoms with van der Waals surface area (Å²) in [6, 6.07) is 0.673. The topological polar surface area (TPSA) is 80.3 Å². The van der Waals surface area contributed by atoms with E-state index in [0.29, 0.717) is 56.7 Å². The maximum atomic E-state index is 13.1. The van der Waals surface area contributed by atoms with E-state index in [0.717, 1.165) is 57.8 Å². The van der Waals surface area contributed by atoms with Crippen LogP contribution in [-0.4, -0.2) is 64.8 Å². The quantitative estimate of drug-likeness (QED) is 0.0595. The zero-order valence-corrected chi connectivity index (χ0v) is 27.3. The van der Waals surface area contributed by atoms with E-state index in [1.807, 2.05) is 20.8 Å². The minimum absolute atomic E-state index is 0.0322. The predicted octanol–water partition coefficient (Wildman–Crippen LogP) is 7.44. The van der Waals surface area contributed by atoms with Crippen LogP contribution in [0.1, 0.15) is 113 Å². The number of hydrogen-bond acceptors (Lipinski definition) is 8. The average molecular weight is 579 g/mol. The molecule has 7 nitrogen and oxygen atoms in total. The second-order valence-electron chi connectivity index (χ2n) is 9.80. The molecule has 3 unspecified atom stereocenters. The maximum Gasteiger partial charge on any atom is 0.500 e. The summed E-state index contributed by atoms with van der Waals surface area (Å²) in [7, 11) is -2.74. The standard InChI is InChI=1S/C29H58O7SSi/c1-8-15-18-25(10-3)23-32-28(30)22-27(29(31)33-24-26(11-4)19-16-9-2)37-20-17-21-38(34-12-5,35-13-6)36-14-7/h25-27H,8-24H2,1-7H3. The fraction of sp³-hybridized carbons (Fsp3) is 0.931. The highest BCUT2D eigenvalue weighted by atomic mass is 32.2. The van der Waals surface area contributed by atoms with Gasteiger partial charge in [0.25, 0.3) is 0 Å². The molecule has 38 heavy (non-hydrogen) atoms. The largest absolute Gasteiger partial charge is 0.500 e. The van der Waals surface area contributed by atoms with E-state index in [1.54, 1.807) is 0 Å². The van der Waals surface area contributed by atoms with Crippen molar-refractivity contribution in [1.29, 1.82) is 0 Å². The molecule has 0 fully saturated rings. The Morgan fingerprint density at radius 3 is 1.66 bits per heavy atom. The lowest BCUT2D eigenvalue weighted by atomic mass is 10.0. The van der Waals surface area contributed by atoms with Crippen molar-refractivity contribution in [3.63, 3.8) is 0 Å². The van der Waals surface area contributed by atoms with Crippen LogP contribution in [0.4, 0.5) is 0 Å². The van der Waals surface area contributed by atoms with Gasteiger partial charge in [0.05, 0.1) is 19.6 Å². The zero-order chi connectivity index (χ0) is 28.7. The molecular formula is C29H58O7SSi. The highest BCUT2D eigenvalue weighted by molar-refractivity contribution is 8.00. The lowest BCUT2D eigenvalue weighted by Gasteiger charge is -2.28. The molecule has 0 aromatic heterocycles. The number of ether oxygens (including phenoxy) is 2. The summed E-state index contributed by atoms with van der Waals surface area (Å²) in [5.74, 6) is 0.762. The molecule has 0 saturated heterocycles. The van der Waals surface area contributed by atoms with E-state index in [1.165, 1.54) is 11.8 Å². The second kappa shape index (κ2) is 24.2. The van der Waals surface area contributed by atoms with Gasteiger partial charge >= 0.3 is 20.7 Å². The highest BCUT2D eigenvalue weighted by Crippen LogP contribution is 2.25. The van der Waals surface area contributed by atoms with E-state index < -0.39 is 14.1 Å². The van der Waals surface area contributed by atoms with E-state index in [-0.39, 0.29) is 18.4 Å². The molecule has 0 aromatic carbocycles. The number of thioether (sulfide) groups is 1. The second-order valence-corrected chi connectivity index (χ2v) is 13.8. The smallest absolute Gasteiger partial charge is 0.465 e. The molecule has 0 amide bonds. The highest BCUT2D eigenvalue weighted by Gasteiger charge is 2.39. The first-order valence-electron chi connectivity index (χ1n) is 15.2. The number of unbranched alkanes of at least 4 members (excludes halogenated alkanes) is 2. The Labute approximate surface area is 239 Å². The Morgan fingerprint density at radius 1 is 0.711 bits per heavy atom. The molecule has 0 radical (unpaired) electrons. The zero-order valence-electron chi connectivity index (χ0n) is 25.5. The summed E-state index contributed by atoms with van der Waals surface area (Å²) in [4.78, 5) is 25.8. The van der Waals surface area contributed by atoms with Crippen molar-refractivity contribution in [2.24, 2.45) is 11.8 Å². The molecule has 0 aliphatic rings. The molecular weight excluding hydrogens is 520 g/mol. The lowest BCUT2D eigenvalue weighted by molar-refractivity contribution is -0.151. The molecule has 0 heterocycles. The first-order valence-corrected chi connectivity index (χ1v) is 18.2. The third-order valence-corrected chi connectivity index (χ3v) is 11.1. The fourth-order valence-electron chi connectivity index (χ4n) is 4.24. The molecule has 0 aliphatic heterocycles. The van der Waals surface area contributed by atoms with Crippen LogP contribution in [-0.2, 0) is 32.3 Å². The molecule has 0 aromatic rings. The summed E-state index contributed by atoms with van der Waals surface area (Å²) in [6.07, 6.45) is 9.38. The van der Waals surface area contributed by atoms with Crippen molar-refractivity contribution < 1.29 is 32.3 Å². The van der Waals surface area contributed by atoms with E-state index in [4.69, 9.17) is 22.8 Å². The summed E-state index contributed by atoms with van der Waals surface area (Å²) < 4.78 is 29.2. The fourth-order valence-corrected chi connectivity index (χ4v) is 8.16. The van der Waals surface area contributed by atoms with Crippen molar-refractivity contribution in [3.05, 3.63) is 0 Å². The summed E-state index contributed by atoms with van der Waals surface area (Å²) in [5.41, 5.74) is 0. The SMILES string of the molecule is CCCCC(CC)COC(=O)CC(SCCC[Si](OCC)(OCC)OCC)C(=O)OCC(CC)CCCC. The van der Waals surface area contributed by atoms with Crippen LogP contribution < -0.4 is 0 Å². The minimum Gasteiger partial charge on any atom is -0.465 e. The van der Waals surface area contributed by atoms with Crippen LogP contribution in [0.2, 0.25) is 6.04 Å². The predicted molar refractivity (Wildman–Crippen MR) is 159 cm³/mol. The Morgan fingerprint density at radius 2 is 1.21 bits per heavy atom. The summed E-state index contributed by atoms with van der Waals surface area (Å²) >= 11 is 1.46. The molecule has 3 atom stereocenters. The third-order valence-electron chi connectivity index (χ3n) is 6.68. The van der Waals surface area contributed by atoms with Gasteiger partial charge in [0.2, 0.25) is 0 Å². The number of carbonyl (C=O) groups excluding carboxylic acids is 2. The molecule has 0 rings (SSSR count). The number of carbonyl (C=O) groups is 2. The summed E-state index contributed by atoms with van der Waals surface area (Å²) in [5, 5.41) is -0.579. The lowest BCUT2D eigenvalue weighted by Crippen LogP contribution is -2.46. The molecule has 0 aliphatic carbocycles. The van der Waals surface area contributed by atoms with Crippen LogP contribution in [0.5, 0.6) is 0 Å². The molecule has 0 N–H and O–H groups in total. The van der Waals surface area contributed by atoms with Crippen LogP contribution >= 0.6 is 11.8 Å². The van der Waals surface area contributed by atoms with Gasteiger partial charge in [0, 0.05) is 25.9 Å². The van der Waals surface area contributed by atoms with Crippen LogP contribution in [0.3, 0.4) is 0 Å². The van der Waals surface area contributed by atoms with Crippen LogP contribution in [0, 0.1) is 11.8 Å². The van der Waals surface area contributed by atoms with Gasteiger partial charge in [-0.1, -0.05) is 66.2 Å². The maximum absolute atomic E-state index is 13.1. The van der Waals surface area contributed by atoms with Crippen molar-refractivity contribution >= 4 is 32.5 Å². The normalized spacial score (nSPS) is 14.2. The monoisotopic (exact) mass is 578 g/mol. The molecule has 0 spiro atoms. The average Bonchev–Trinajstić information content (AvgIpc) is 2.91.